The molecule has 1 aliphatic heterocycles. The smallest absolute Gasteiger partial charge is 0.418 e. The number of hydrogen-bond donors (Lipinski definition) is 1. The van der Waals surface area contributed by atoms with Gasteiger partial charge in [0.2, 0.25) is 0 Å². The van der Waals surface area contributed by atoms with Gasteiger partial charge in [-0.05, 0) is 55.8 Å². The molecule has 0 aliphatic carbocycles. The van der Waals surface area contributed by atoms with Crippen LogP contribution < -0.4 is 15.0 Å². The van der Waals surface area contributed by atoms with Crippen molar-refractivity contribution in [3.05, 3.63) is 53.1 Å². The molecule has 1 unspecified atom stereocenters. The monoisotopic (exact) mass is 430 g/mol. The van der Waals surface area contributed by atoms with Crippen molar-refractivity contribution < 1.29 is 22.7 Å². The highest BCUT2D eigenvalue weighted by atomic mass is 19.4. The Morgan fingerprint density at radius 2 is 2.03 bits per heavy atom. The molecule has 1 aliphatic rings. The Labute approximate surface area is 178 Å². The van der Waals surface area contributed by atoms with Gasteiger partial charge in [-0.2, -0.15) is 18.4 Å². The summed E-state index contributed by atoms with van der Waals surface area (Å²) < 4.78 is 46.4. The normalized spacial score (nSPS) is 16.3. The van der Waals surface area contributed by atoms with Crippen molar-refractivity contribution in [1.29, 1.82) is 5.26 Å². The van der Waals surface area contributed by atoms with Crippen molar-refractivity contribution in [2.45, 2.75) is 25.1 Å². The minimum Gasteiger partial charge on any atom is -0.497 e. The van der Waals surface area contributed by atoms with E-state index in [9.17, 15) is 23.2 Å². The van der Waals surface area contributed by atoms with Gasteiger partial charge in [0.1, 0.15) is 5.75 Å². The maximum absolute atomic E-state index is 13.8. The van der Waals surface area contributed by atoms with Gasteiger partial charge < -0.3 is 15.0 Å². The highest BCUT2D eigenvalue weighted by molar-refractivity contribution is 6.10. The number of nitrogens with one attached hydrogen (secondary N) is 1. The zero-order valence-electron chi connectivity index (χ0n) is 17.0. The lowest BCUT2D eigenvalue weighted by molar-refractivity contribution is -0.137. The predicted octanol–water partition coefficient (Wildman–Crippen LogP) is 4.32. The molecular formula is C22H21F3N4O2. The van der Waals surface area contributed by atoms with Crippen LogP contribution in [0.15, 0.2) is 41.4 Å². The van der Waals surface area contributed by atoms with Crippen LogP contribution in [0.5, 0.6) is 5.75 Å². The number of carbonyl (C=O) groups excluding carboxylic acids is 1. The molecule has 1 saturated heterocycles. The van der Waals surface area contributed by atoms with E-state index < -0.39 is 23.3 Å². The molecule has 162 valence electrons. The Morgan fingerprint density at radius 1 is 1.32 bits per heavy atom. The Balaban J connectivity index is 2.09. The number of nitriles is 1. The highest BCUT2D eigenvalue weighted by Crippen LogP contribution is 2.40. The summed E-state index contributed by atoms with van der Waals surface area (Å²) in [6, 6.07) is 9.90. The second-order valence-electron chi connectivity index (χ2n) is 7.07. The fourth-order valence-corrected chi connectivity index (χ4v) is 3.32. The van der Waals surface area contributed by atoms with E-state index in [2.05, 4.69) is 10.3 Å². The summed E-state index contributed by atoms with van der Waals surface area (Å²) in [4.78, 5) is 18.5. The van der Waals surface area contributed by atoms with E-state index in [1.807, 2.05) is 0 Å². The minimum atomic E-state index is -4.78. The van der Waals surface area contributed by atoms with Crippen LogP contribution in [0, 0.1) is 11.3 Å². The summed E-state index contributed by atoms with van der Waals surface area (Å²) in [7, 11) is 2.95. The van der Waals surface area contributed by atoms with E-state index in [4.69, 9.17) is 4.74 Å². The molecule has 0 spiro atoms. The summed E-state index contributed by atoms with van der Waals surface area (Å²) in [6.07, 6.45) is -1.75. The van der Waals surface area contributed by atoms with Crippen molar-refractivity contribution >= 4 is 23.5 Å². The molecule has 1 heterocycles. The van der Waals surface area contributed by atoms with Crippen molar-refractivity contribution in [3.8, 4) is 11.8 Å². The number of ether oxygens (including phenoxy) is 1. The van der Waals surface area contributed by atoms with E-state index >= 15 is 0 Å². The van der Waals surface area contributed by atoms with E-state index in [1.54, 1.807) is 30.3 Å². The van der Waals surface area contributed by atoms with Crippen LogP contribution >= 0.6 is 0 Å². The van der Waals surface area contributed by atoms with E-state index in [-0.39, 0.29) is 17.2 Å². The number of carbonyl (C=O) groups is 1. The maximum atomic E-state index is 13.8. The number of anilines is 1. The largest absolute Gasteiger partial charge is 0.497 e. The quantitative estimate of drug-likeness (QED) is 0.717. The lowest BCUT2D eigenvalue weighted by Crippen LogP contribution is -2.27. The number of methoxy groups -OCH3 is 1. The van der Waals surface area contributed by atoms with Gasteiger partial charge in [-0.25, -0.2) is 0 Å². The van der Waals surface area contributed by atoms with Gasteiger partial charge in [0.25, 0.3) is 5.91 Å². The molecule has 1 atom stereocenters. The second kappa shape index (κ2) is 9.18. The molecule has 9 heteroatoms. The zero-order chi connectivity index (χ0) is 22.6. The van der Waals surface area contributed by atoms with Crippen molar-refractivity contribution in [2.24, 2.45) is 4.99 Å². The van der Waals surface area contributed by atoms with Crippen LogP contribution in [0.2, 0.25) is 0 Å². The van der Waals surface area contributed by atoms with Crippen molar-refractivity contribution in [3.63, 3.8) is 0 Å². The number of amides is 1. The molecule has 1 fully saturated rings. The topological polar surface area (TPSA) is 77.7 Å². The van der Waals surface area contributed by atoms with Gasteiger partial charge in [-0.1, -0.05) is 0 Å². The third-order valence-electron chi connectivity index (χ3n) is 5.02. The summed E-state index contributed by atoms with van der Waals surface area (Å²) in [6.45, 7) is 0.752. The second-order valence-corrected chi connectivity index (χ2v) is 7.07. The van der Waals surface area contributed by atoms with Crippen LogP contribution in [0.1, 0.15) is 34.3 Å². The molecule has 0 radical (unpaired) electrons. The lowest BCUT2D eigenvalue weighted by atomic mass is 10.0. The number of nitrogens with zero attached hydrogens (tertiary/aromatic N) is 3. The van der Waals surface area contributed by atoms with Gasteiger partial charge in [-0.15, -0.1) is 0 Å². The number of rotatable bonds is 5. The van der Waals surface area contributed by atoms with Crippen LogP contribution in [0.25, 0.3) is 0 Å². The predicted molar refractivity (Wildman–Crippen MR) is 111 cm³/mol. The molecule has 2 aromatic carbocycles. The highest BCUT2D eigenvalue weighted by Gasteiger charge is 2.37. The molecule has 0 saturated carbocycles. The molecule has 1 N–H and O–H groups in total. The molecule has 2 aromatic rings. The number of alkyl halides is 3. The SMILES string of the molecule is COc1ccc(N(C)C(=O)c2cc(C#N)cc(C(F)(F)F)c2N=CC2CCCN2)cc1. The average molecular weight is 430 g/mol. The summed E-state index contributed by atoms with van der Waals surface area (Å²) in [5.74, 6) is -0.135. The summed E-state index contributed by atoms with van der Waals surface area (Å²) in [5.41, 5.74) is -1.72. The van der Waals surface area contributed by atoms with Gasteiger partial charge in [0.05, 0.1) is 35.6 Å². The third kappa shape index (κ3) is 5.03. The molecule has 0 aromatic heterocycles. The van der Waals surface area contributed by atoms with Crippen LogP contribution in [-0.2, 0) is 6.18 Å². The first-order valence-corrected chi connectivity index (χ1v) is 9.59. The van der Waals surface area contributed by atoms with E-state index in [0.717, 1.165) is 31.5 Å². The van der Waals surface area contributed by atoms with Crippen LogP contribution in [0.4, 0.5) is 24.5 Å². The Hall–Kier alpha value is -3.38. The third-order valence-corrected chi connectivity index (χ3v) is 5.02. The average Bonchev–Trinajstić information content (AvgIpc) is 3.29. The number of aliphatic imine (C=N–C) groups is 1. The fraction of sp³-hybridized carbons (Fsp3) is 0.318. The zero-order valence-corrected chi connectivity index (χ0v) is 17.0. The fourth-order valence-electron chi connectivity index (χ4n) is 3.32. The summed E-state index contributed by atoms with van der Waals surface area (Å²) in [5, 5.41) is 12.4. The van der Waals surface area contributed by atoms with Crippen LogP contribution in [0.3, 0.4) is 0 Å². The molecule has 3 rings (SSSR count). The number of benzene rings is 2. The van der Waals surface area contributed by atoms with Crippen molar-refractivity contribution in [1.82, 2.24) is 5.32 Å². The minimum absolute atomic E-state index is 0.168. The standard InChI is InChI=1S/C22H21F3N4O2/c1-29(16-5-7-17(31-2)8-6-16)21(30)18-10-14(12-26)11-19(22(23,24)25)20(18)28-13-15-4-3-9-27-15/h5-8,10-11,13,15,27H,3-4,9H2,1-2H3. The molecular weight excluding hydrogens is 409 g/mol. The first-order valence-electron chi connectivity index (χ1n) is 9.59. The lowest BCUT2D eigenvalue weighted by Gasteiger charge is -2.21. The molecule has 0 bridgehead atoms. The summed E-state index contributed by atoms with van der Waals surface area (Å²) >= 11 is 0. The van der Waals surface area contributed by atoms with Gasteiger partial charge >= 0.3 is 6.18 Å². The van der Waals surface area contributed by atoms with Crippen LogP contribution in [-0.4, -0.2) is 38.9 Å². The number of hydrogen-bond acceptors (Lipinski definition) is 5. The van der Waals surface area contributed by atoms with Gasteiger partial charge in [0, 0.05) is 25.0 Å². The van der Waals surface area contributed by atoms with E-state index in [0.29, 0.717) is 11.4 Å². The molecule has 1 amide bonds. The molecule has 31 heavy (non-hydrogen) atoms. The Morgan fingerprint density at radius 3 is 2.58 bits per heavy atom. The van der Waals surface area contributed by atoms with Gasteiger partial charge in [-0.3, -0.25) is 9.79 Å². The van der Waals surface area contributed by atoms with E-state index in [1.165, 1.54) is 25.3 Å². The maximum Gasteiger partial charge on any atom is 0.418 e. The first-order chi connectivity index (χ1) is 14.7. The molecule has 6 nitrogen and oxygen atoms in total. The number of halogens is 3. The van der Waals surface area contributed by atoms with Crippen molar-refractivity contribution in [2.75, 3.05) is 25.6 Å². The van der Waals surface area contributed by atoms with Gasteiger partial charge in [0.15, 0.2) is 0 Å². The Bertz CT molecular complexity index is 1020. The first kappa shape index (κ1) is 22.3. The Kier molecular flexibility index (Phi) is 6.61.